The molecule has 2 aliphatic carbocycles. The Labute approximate surface area is 160 Å². The molecule has 3 unspecified atom stereocenters. The van der Waals surface area contributed by atoms with E-state index in [4.69, 9.17) is 9.47 Å². The van der Waals surface area contributed by atoms with E-state index in [-0.39, 0.29) is 41.4 Å². The van der Waals surface area contributed by atoms with Crippen molar-refractivity contribution in [2.45, 2.75) is 53.6 Å². The van der Waals surface area contributed by atoms with Crippen LogP contribution in [-0.2, 0) is 23.9 Å². The highest BCUT2D eigenvalue weighted by Crippen LogP contribution is 2.60. The topological polar surface area (TPSA) is 69.7 Å². The van der Waals surface area contributed by atoms with Crippen molar-refractivity contribution in [3.63, 3.8) is 0 Å². The Morgan fingerprint density at radius 1 is 1.30 bits per heavy atom. The highest BCUT2D eigenvalue weighted by Gasteiger charge is 2.62. The molecular weight excluding hydrogens is 344 g/mol. The highest BCUT2D eigenvalue weighted by molar-refractivity contribution is 6.00. The molecule has 0 amide bonds. The molecule has 27 heavy (non-hydrogen) atoms. The van der Waals surface area contributed by atoms with Crippen molar-refractivity contribution in [1.29, 1.82) is 0 Å². The fraction of sp³-hybridized carbons (Fsp3) is 0.500. The van der Waals surface area contributed by atoms with Crippen LogP contribution < -0.4 is 0 Å². The lowest BCUT2D eigenvalue weighted by molar-refractivity contribution is -0.150. The zero-order valence-corrected chi connectivity index (χ0v) is 16.7. The third-order valence-electron chi connectivity index (χ3n) is 5.40. The minimum Gasteiger partial charge on any atom is -0.457 e. The summed E-state index contributed by atoms with van der Waals surface area (Å²) in [5.41, 5.74) is 1.26. The lowest BCUT2D eigenvalue weighted by Gasteiger charge is -2.13. The third-order valence-corrected chi connectivity index (χ3v) is 5.40. The molecule has 1 fully saturated rings. The smallest absolute Gasteiger partial charge is 0.310 e. The minimum atomic E-state index is -0.493. The fourth-order valence-corrected chi connectivity index (χ4v) is 3.71. The average molecular weight is 372 g/mol. The Balaban J connectivity index is 2.05. The van der Waals surface area contributed by atoms with Crippen molar-refractivity contribution in [3.05, 3.63) is 47.8 Å². The second-order valence-corrected chi connectivity index (χ2v) is 7.78. The second kappa shape index (κ2) is 8.07. The van der Waals surface area contributed by atoms with Gasteiger partial charge in [0.1, 0.15) is 11.9 Å². The first-order chi connectivity index (χ1) is 12.6. The predicted molar refractivity (Wildman–Crippen MR) is 102 cm³/mol. The normalized spacial score (nSPS) is 27.1. The number of carbonyl (C=O) groups is 3. The minimum absolute atomic E-state index is 0.0243. The summed E-state index contributed by atoms with van der Waals surface area (Å²) in [4.78, 5) is 36.0. The molecule has 5 heteroatoms. The molecule has 0 saturated heterocycles. The van der Waals surface area contributed by atoms with Gasteiger partial charge in [-0.2, -0.15) is 0 Å². The van der Waals surface area contributed by atoms with Crippen LogP contribution in [0.25, 0.3) is 0 Å². The molecular formula is C22H28O5. The van der Waals surface area contributed by atoms with Crippen molar-refractivity contribution >= 4 is 17.7 Å². The van der Waals surface area contributed by atoms with E-state index < -0.39 is 6.10 Å². The van der Waals surface area contributed by atoms with E-state index in [9.17, 15) is 14.4 Å². The highest BCUT2D eigenvalue weighted by atomic mass is 16.5. The molecule has 1 saturated carbocycles. The molecule has 5 nitrogen and oxygen atoms in total. The zero-order chi connectivity index (χ0) is 20.4. The van der Waals surface area contributed by atoms with Gasteiger partial charge < -0.3 is 9.47 Å². The molecule has 0 radical (unpaired) electrons. The van der Waals surface area contributed by atoms with Gasteiger partial charge in [-0.3, -0.25) is 14.4 Å². The summed E-state index contributed by atoms with van der Waals surface area (Å²) in [7, 11) is 0. The van der Waals surface area contributed by atoms with E-state index in [1.807, 2.05) is 26.8 Å². The molecule has 2 rings (SSSR count). The summed E-state index contributed by atoms with van der Waals surface area (Å²) in [6.07, 6.45) is 7.36. The second-order valence-electron chi connectivity index (χ2n) is 7.78. The van der Waals surface area contributed by atoms with E-state index in [2.05, 4.69) is 6.58 Å². The number of rotatable bonds is 7. The third kappa shape index (κ3) is 4.65. The zero-order valence-electron chi connectivity index (χ0n) is 16.7. The molecule has 0 aliphatic heterocycles. The van der Waals surface area contributed by atoms with Crippen LogP contribution in [0.15, 0.2) is 47.8 Å². The number of ketones is 1. The fourth-order valence-electron chi connectivity index (χ4n) is 3.71. The SMILES string of the molecule is C=CC=CCC1=C(C)C(OC(=O)C2C(C=C(C)OC(C)=O)C2(C)C)CC1=O. The maximum atomic E-state index is 12.7. The van der Waals surface area contributed by atoms with E-state index >= 15 is 0 Å². The van der Waals surface area contributed by atoms with E-state index in [0.29, 0.717) is 17.8 Å². The number of carbonyl (C=O) groups excluding carboxylic acids is 3. The van der Waals surface area contributed by atoms with Gasteiger partial charge in [0.2, 0.25) is 0 Å². The van der Waals surface area contributed by atoms with Crippen molar-refractivity contribution in [2.24, 2.45) is 17.3 Å². The first kappa shape index (κ1) is 20.9. The molecule has 0 heterocycles. The van der Waals surface area contributed by atoms with Crippen molar-refractivity contribution in [2.75, 3.05) is 0 Å². The van der Waals surface area contributed by atoms with E-state index in [0.717, 1.165) is 5.57 Å². The van der Waals surface area contributed by atoms with E-state index in [1.165, 1.54) is 6.92 Å². The lowest BCUT2D eigenvalue weighted by Crippen LogP contribution is -2.20. The summed E-state index contributed by atoms with van der Waals surface area (Å²) in [5.74, 6) is -0.548. The van der Waals surface area contributed by atoms with Crippen molar-refractivity contribution in [3.8, 4) is 0 Å². The molecule has 0 aromatic heterocycles. The molecule has 0 aromatic rings. The number of hydrogen-bond acceptors (Lipinski definition) is 5. The van der Waals surface area contributed by atoms with Crippen LogP contribution in [0.1, 0.15) is 47.5 Å². The number of Topliss-reactive ketones (excluding diaryl/α,β-unsaturated/α-hetero) is 1. The number of allylic oxidation sites excluding steroid dienone is 6. The van der Waals surface area contributed by atoms with Crippen molar-refractivity contribution in [1.82, 2.24) is 0 Å². The molecule has 0 bridgehead atoms. The van der Waals surface area contributed by atoms with Crippen LogP contribution in [0.2, 0.25) is 0 Å². The monoisotopic (exact) mass is 372 g/mol. The largest absolute Gasteiger partial charge is 0.457 e. The Morgan fingerprint density at radius 2 is 1.96 bits per heavy atom. The summed E-state index contributed by atoms with van der Waals surface area (Å²) >= 11 is 0. The maximum absolute atomic E-state index is 12.7. The first-order valence-electron chi connectivity index (χ1n) is 9.17. The molecule has 3 atom stereocenters. The standard InChI is InChI=1S/C22H28O5/c1-7-8-9-10-16-14(3)19(12-18(16)24)27-21(25)20-17(22(20,5)6)11-13(2)26-15(4)23/h7-9,11,17,19-20H,1,10,12H2,2-6H3. The van der Waals surface area contributed by atoms with Gasteiger partial charge in [-0.1, -0.05) is 38.7 Å². The van der Waals surface area contributed by atoms with Gasteiger partial charge in [0.05, 0.1) is 12.3 Å². The lowest BCUT2D eigenvalue weighted by atomic mass is 10.1. The van der Waals surface area contributed by atoms with Crippen molar-refractivity contribution < 1.29 is 23.9 Å². The van der Waals surface area contributed by atoms with Crippen LogP contribution in [0.3, 0.4) is 0 Å². The van der Waals surface area contributed by atoms with E-state index in [1.54, 1.807) is 25.2 Å². The summed E-state index contributed by atoms with van der Waals surface area (Å²) < 4.78 is 10.7. The Morgan fingerprint density at radius 3 is 2.56 bits per heavy atom. The maximum Gasteiger partial charge on any atom is 0.310 e. The molecule has 146 valence electrons. The van der Waals surface area contributed by atoms with Crippen LogP contribution in [-0.4, -0.2) is 23.8 Å². The quantitative estimate of drug-likeness (QED) is 0.383. The van der Waals surface area contributed by atoms with Gasteiger partial charge in [0.25, 0.3) is 0 Å². The predicted octanol–water partition coefficient (Wildman–Crippen LogP) is 4.06. The van der Waals surface area contributed by atoms with Crippen LogP contribution in [0, 0.1) is 17.3 Å². The molecule has 0 aromatic carbocycles. The number of hydrogen-bond donors (Lipinski definition) is 0. The number of ether oxygens (including phenoxy) is 2. The first-order valence-corrected chi connectivity index (χ1v) is 9.17. The average Bonchev–Trinajstić information content (AvgIpc) is 2.98. The summed E-state index contributed by atoms with van der Waals surface area (Å²) in [6.45, 7) is 12.5. The Hall–Kier alpha value is -2.43. The molecule has 2 aliphatic rings. The van der Waals surface area contributed by atoms with Gasteiger partial charge in [0.15, 0.2) is 5.78 Å². The van der Waals surface area contributed by atoms with Crippen LogP contribution in [0.5, 0.6) is 0 Å². The van der Waals surface area contributed by atoms with Gasteiger partial charge in [-0.05, 0) is 37.3 Å². The van der Waals surface area contributed by atoms with Gasteiger partial charge >= 0.3 is 11.9 Å². The summed E-state index contributed by atoms with van der Waals surface area (Å²) in [6, 6.07) is 0. The molecule has 0 spiro atoms. The molecule has 0 N–H and O–H groups in total. The van der Waals surface area contributed by atoms with Crippen LogP contribution >= 0.6 is 0 Å². The van der Waals surface area contributed by atoms with Crippen LogP contribution in [0.4, 0.5) is 0 Å². The summed E-state index contributed by atoms with van der Waals surface area (Å²) in [5, 5.41) is 0. The Kier molecular flexibility index (Phi) is 6.24. The van der Waals surface area contributed by atoms with Gasteiger partial charge in [-0.25, -0.2) is 0 Å². The number of esters is 2. The van der Waals surface area contributed by atoms with Gasteiger partial charge in [-0.15, -0.1) is 0 Å². The van der Waals surface area contributed by atoms with Gasteiger partial charge in [0, 0.05) is 18.4 Å². The Bertz CT molecular complexity index is 751.